The molecular weight excluding hydrogens is 445 g/mol. The first-order chi connectivity index (χ1) is 17.0. The molecule has 5 rings (SSSR count). The molecule has 35 heavy (non-hydrogen) atoms. The maximum absolute atomic E-state index is 14.3. The Bertz CT molecular complexity index is 1220. The highest BCUT2D eigenvalue weighted by molar-refractivity contribution is 5.94. The van der Waals surface area contributed by atoms with E-state index < -0.39 is 0 Å². The summed E-state index contributed by atoms with van der Waals surface area (Å²) in [5.41, 5.74) is 4.59. The number of piperazine rings is 1. The molecule has 1 fully saturated rings. The van der Waals surface area contributed by atoms with Gasteiger partial charge in [-0.25, -0.2) is 4.39 Å². The molecular formula is C28H30FN3O3. The maximum atomic E-state index is 14.3. The standard InChI is InChI=1S/C28H30FN3O3/c1-19-7-8-22(15-20(19)2)28(33)30-17-25(21-9-10-26-27(16-21)35-18-34-26)32-13-11-31(12-14-32)24-6-4-3-5-23(24)29/h3-10,15-16,25H,11-14,17-18H2,1-2H3,(H,30,33)/t25-/m0/s1. The zero-order valence-corrected chi connectivity index (χ0v) is 20.1. The minimum Gasteiger partial charge on any atom is -0.454 e. The van der Waals surface area contributed by atoms with Gasteiger partial charge in [-0.2, -0.15) is 0 Å². The number of nitrogens with zero attached hydrogens (tertiary/aromatic N) is 2. The average molecular weight is 476 g/mol. The Kier molecular flexibility index (Phi) is 6.59. The topological polar surface area (TPSA) is 54.0 Å². The number of halogens is 1. The van der Waals surface area contributed by atoms with Gasteiger partial charge in [-0.3, -0.25) is 9.69 Å². The van der Waals surface area contributed by atoms with Crippen molar-refractivity contribution < 1.29 is 18.7 Å². The summed E-state index contributed by atoms with van der Waals surface area (Å²) in [6, 6.07) is 18.6. The summed E-state index contributed by atoms with van der Waals surface area (Å²) in [6.07, 6.45) is 0. The number of para-hydroxylation sites is 1. The van der Waals surface area contributed by atoms with Crippen LogP contribution >= 0.6 is 0 Å². The Morgan fingerprint density at radius 2 is 1.71 bits per heavy atom. The predicted octanol–water partition coefficient (Wildman–Crippen LogP) is 4.46. The number of anilines is 1. The average Bonchev–Trinajstić information content (AvgIpc) is 3.35. The molecule has 3 aromatic rings. The van der Waals surface area contributed by atoms with Crippen LogP contribution in [0, 0.1) is 19.7 Å². The molecule has 2 aliphatic rings. The number of fused-ring (bicyclic) bond motifs is 1. The van der Waals surface area contributed by atoms with Crippen molar-refractivity contribution in [2.24, 2.45) is 0 Å². The Morgan fingerprint density at radius 1 is 0.943 bits per heavy atom. The van der Waals surface area contributed by atoms with Crippen molar-refractivity contribution in [3.8, 4) is 11.5 Å². The quantitative estimate of drug-likeness (QED) is 0.570. The molecule has 1 atom stereocenters. The predicted molar refractivity (Wildman–Crippen MR) is 134 cm³/mol. The van der Waals surface area contributed by atoms with Crippen LogP contribution in [0.15, 0.2) is 60.7 Å². The Morgan fingerprint density at radius 3 is 2.49 bits per heavy atom. The minimum absolute atomic E-state index is 0.0530. The Hall–Kier alpha value is -3.58. The van der Waals surface area contributed by atoms with Crippen molar-refractivity contribution in [3.63, 3.8) is 0 Å². The van der Waals surface area contributed by atoms with Crippen LogP contribution in [-0.4, -0.2) is 50.3 Å². The number of hydrogen-bond acceptors (Lipinski definition) is 5. The number of carbonyl (C=O) groups is 1. The van der Waals surface area contributed by atoms with Crippen LogP contribution in [0.2, 0.25) is 0 Å². The van der Waals surface area contributed by atoms with Gasteiger partial charge in [0.1, 0.15) is 5.82 Å². The van der Waals surface area contributed by atoms with E-state index in [1.807, 2.05) is 62.4 Å². The second-order valence-corrected chi connectivity index (χ2v) is 9.11. The van der Waals surface area contributed by atoms with Crippen molar-refractivity contribution in [1.29, 1.82) is 0 Å². The lowest BCUT2D eigenvalue weighted by atomic mass is 10.0. The number of carbonyl (C=O) groups excluding carboxylic acids is 1. The van der Waals surface area contributed by atoms with E-state index in [0.29, 0.717) is 30.9 Å². The van der Waals surface area contributed by atoms with Crippen LogP contribution < -0.4 is 19.7 Å². The number of aryl methyl sites for hydroxylation is 2. The SMILES string of the molecule is Cc1ccc(C(=O)NC[C@@H](c2ccc3c(c2)OCO3)N2CCN(c3ccccc3F)CC2)cc1C. The van der Waals surface area contributed by atoms with Crippen molar-refractivity contribution >= 4 is 11.6 Å². The molecule has 182 valence electrons. The molecule has 0 radical (unpaired) electrons. The molecule has 3 aromatic carbocycles. The van der Waals surface area contributed by atoms with Gasteiger partial charge in [-0.15, -0.1) is 0 Å². The summed E-state index contributed by atoms with van der Waals surface area (Å²) in [7, 11) is 0. The fraction of sp³-hybridized carbons (Fsp3) is 0.321. The Labute approximate surface area is 205 Å². The molecule has 7 heteroatoms. The molecule has 0 bridgehead atoms. The maximum Gasteiger partial charge on any atom is 0.251 e. The summed E-state index contributed by atoms with van der Waals surface area (Å²) >= 11 is 0. The van der Waals surface area contributed by atoms with Crippen molar-refractivity contribution in [2.75, 3.05) is 44.4 Å². The monoisotopic (exact) mass is 475 g/mol. The van der Waals surface area contributed by atoms with E-state index in [9.17, 15) is 9.18 Å². The van der Waals surface area contributed by atoms with Crippen LogP contribution in [0.4, 0.5) is 10.1 Å². The molecule has 0 spiro atoms. The van der Waals surface area contributed by atoms with Crippen molar-refractivity contribution in [1.82, 2.24) is 10.2 Å². The molecule has 6 nitrogen and oxygen atoms in total. The highest BCUT2D eigenvalue weighted by atomic mass is 19.1. The van der Waals surface area contributed by atoms with Gasteiger partial charge >= 0.3 is 0 Å². The Balaban J connectivity index is 1.33. The van der Waals surface area contributed by atoms with Crippen LogP contribution in [0.25, 0.3) is 0 Å². The van der Waals surface area contributed by atoms with Crippen molar-refractivity contribution in [3.05, 3.63) is 88.7 Å². The number of benzene rings is 3. The molecule has 0 unspecified atom stereocenters. The van der Waals surface area contributed by atoms with Gasteiger partial charge in [-0.1, -0.05) is 24.3 Å². The van der Waals surface area contributed by atoms with E-state index in [1.165, 1.54) is 6.07 Å². The zero-order chi connectivity index (χ0) is 24.4. The first-order valence-electron chi connectivity index (χ1n) is 12.0. The van der Waals surface area contributed by atoms with Gasteiger partial charge < -0.3 is 19.7 Å². The minimum atomic E-state index is -0.200. The van der Waals surface area contributed by atoms with Crippen LogP contribution in [0.3, 0.4) is 0 Å². The summed E-state index contributed by atoms with van der Waals surface area (Å²) in [4.78, 5) is 17.4. The number of nitrogens with one attached hydrogen (secondary N) is 1. The largest absolute Gasteiger partial charge is 0.454 e. The fourth-order valence-corrected chi connectivity index (χ4v) is 4.73. The number of ether oxygens (including phenoxy) is 2. The van der Waals surface area contributed by atoms with Gasteiger partial charge in [0, 0.05) is 38.3 Å². The van der Waals surface area contributed by atoms with Gasteiger partial charge in [0.25, 0.3) is 5.91 Å². The molecule has 1 amide bonds. The van der Waals surface area contributed by atoms with Gasteiger partial charge in [0.2, 0.25) is 6.79 Å². The fourth-order valence-electron chi connectivity index (χ4n) is 4.73. The third-order valence-electron chi connectivity index (χ3n) is 6.95. The third-order valence-corrected chi connectivity index (χ3v) is 6.95. The molecule has 0 saturated carbocycles. The van der Waals surface area contributed by atoms with E-state index in [1.54, 1.807) is 6.07 Å². The normalized spacial score (nSPS) is 16.3. The lowest BCUT2D eigenvalue weighted by molar-refractivity contribution is 0.0930. The van der Waals surface area contributed by atoms with E-state index in [2.05, 4.69) is 15.1 Å². The van der Waals surface area contributed by atoms with Gasteiger partial charge in [0.15, 0.2) is 11.5 Å². The summed E-state index contributed by atoms with van der Waals surface area (Å²) < 4.78 is 25.4. The second kappa shape index (κ2) is 9.96. The first kappa shape index (κ1) is 23.2. The van der Waals surface area contributed by atoms with Crippen LogP contribution in [0.5, 0.6) is 11.5 Å². The zero-order valence-electron chi connectivity index (χ0n) is 20.1. The number of rotatable bonds is 6. The molecule has 1 saturated heterocycles. The third kappa shape index (κ3) is 4.95. The first-order valence-corrected chi connectivity index (χ1v) is 12.0. The highest BCUT2D eigenvalue weighted by Crippen LogP contribution is 2.36. The lowest BCUT2D eigenvalue weighted by Crippen LogP contribution is -2.50. The molecule has 2 aliphatic heterocycles. The van der Waals surface area contributed by atoms with Crippen molar-refractivity contribution in [2.45, 2.75) is 19.9 Å². The molecule has 0 aliphatic carbocycles. The summed E-state index contributed by atoms with van der Waals surface area (Å²) in [5.74, 6) is 1.16. The lowest BCUT2D eigenvalue weighted by Gasteiger charge is -2.40. The number of hydrogen-bond donors (Lipinski definition) is 1. The van der Waals surface area contributed by atoms with E-state index in [-0.39, 0.29) is 24.6 Å². The summed E-state index contributed by atoms with van der Waals surface area (Å²) in [6.45, 7) is 7.60. The van der Waals surface area contributed by atoms with Crippen LogP contribution in [-0.2, 0) is 0 Å². The van der Waals surface area contributed by atoms with Crippen LogP contribution in [0.1, 0.15) is 33.1 Å². The number of amides is 1. The highest BCUT2D eigenvalue weighted by Gasteiger charge is 2.28. The van der Waals surface area contributed by atoms with E-state index >= 15 is 0 Å². The second-order valence-electron chi connectivity index (χ2n) is 9.11. The molecule has 1 N–H and O–H groups in total. The van der Waals surface area contributed by atoms with E-state index in [4.69, 9.17) is 9.47 Å². The summed E-state index contributed by atoms with van der Waals surface area (Å²) in [5, 5.41) is 3.13. The van der Waals surface area contributed by atoms with Gasteiger partial charge in [-0.05, 0) is 66.9 Å². The van der Waals surface area contributed by atoms with Gasteiger partial charge in [0.05, 0.1) is 11.7 Å². The smallest absolute Gasteiger partial charge is 0.251 e. The molecule has 0 aromatic heterocycles. The van der Waals surface area contributed by atoms with E-state index in [0.717, 1.165) is 41.3 Å². The molecule has 2 heterocycles.